The maximum atomic E-state index is 4.46. The first-order valence-corrected chi connectivity index (χ1v) is 8.07. The van der Waals surface area contributed by atoms with Crippen molar-refractivity contribution in [3.63, 3.8) is 0 Å². The Labute approximate surface area is 128 Å². The van der Waals surface area contributed by atoms with Crippen molar-refractivity contribution in [1.82, 2.24) is 0 Å². The van der Waals surface area contributed by atoms with Gasteiger partial charge in [0.15, 0.2) is 0 Å². The molecule has 0 heterocycles. The van der Waals surface area contributed by atoms with Crippen molar-refractivity contribution < 1.29 is 0 Å². The van der Waals surface area contributed by atoms with Gasteiger partial charge in [-0.15, -0.1) is 5.73 Å². The van der Waals surface area contributed by atoms with E-state index in [9.17, 15) is 0 Å². The molecular formula is C20H25N. The van der Waals surface area contributed by atoms with Gasteiger partial charge in [-0.05, 0) is 74.4 Å². The molecule has 0 aromatic heterocycles. The van der Waals surface area contributed by atoms with Crippen LogP contribution in [0.4, 0.5) is 0 Å². The molecule has 0 spiro atoms. The van der Waals surface area contributed by atoms with Gasteiger partial charge in [0, 0.05) is 0 Å². The Hall–Kier alpha value is -1.85. The standard InChI is InChI=1S/C20H25N/c1(2-6-12-19-13-7-4-8-14-19)3-11-17-21-18-20-15-9-5-10-16-20/h2,5,9-10,12-13,15-17H,1,3-4,7-8,11,14,18H2. The second-order valence-electron chi connectivity index (χ2n) is 5.48. The smallest absolute Gasteiger partial charge is 0.0635 e. The predicted octanol–water partition coefficient (Wildman–Crippen LogP) is 5.64. The molecule has 0 saturated carbocycles. The fourth-order valence-corrected chi connectivity index (χ4v) is 2.40. The van der Waals surface area contributed by atoms with E-state index in [0.717, 1.165) is 25.8 Å². The number of allylic oxidation sites excluding steroid dienone is 3. The van der Waals surface area contributed by atoms with Crippen LogP contribution in [0.1, 0.15) is 50.5 Å². The van der Waals surface area contributed by atoms with Crippen molar-refractivity contribution in [2.24, 2.45) is 4.99 Å². The van der Waals surface area contributed by atoms with Crippen LogP contribution < -0.4 is 0 Å². The monoisotopic (exact) mass is 279 g/mol. The Morgan fingerprint density at radius 1 is 1.10 bits per heavy atom. The minimum absolute atomic E-state index is 0.796. The molecule has 1 aliphatic rings. The van der Waals surface area contributed by atoms with Gasteiger partial charge in [-0.1, -0.05) is 36.4 Å². The van der Waals surface area contributed by atoms with Crippen LogP contribution >= 0.6 is 0 Å². The van der Waals surface area contributed by atoms with E-state index in [1.165, 1.54) is 36.8 Å². The molecule has 0 bridgehead atoms. The molecule has 0 aliphatic heterocycles. The van der Waals surface area contributed by atoms with Crippen LogP contribution in [0.5, 0.6) is 0 Å². The first-order chi connectivity index (χ1) is 10.4. The van der Waals surface area contributed by atoms with E-state index in [2.05, 4.69) is 53.2 Å². The van der Waals surface area contributed by atoms with Gasteiger partial charge in [-0.2, -0.15) is 0 Å². The lowest BCUT2D eigenvalue weighted by atomic mass is 10.00. The molecule has 1 aliphatic carbocycles. The van der Waals surface area contributed by atoms with Crippen molar-refractivity contribution >= 4 is 6.21 Å². The predicted molar refractivity (Wildman–Crippen MR) is 91.7 cm³/mol. The fraction of sp³-hybridized carbons (Fsp3) is 0.400. The summed E-state index contributed by atoms with van der Waals surface area (Å²) in [5.74, 6) is 0. The molecule has 1 aromatic rings. The third-order valence-electron chi connectivity index (χ3n) is 3.64. The molecule has 2 rings (SSSR count). The summed E-state index contributed by atoms with van der Waals surface area (Å²) in [5.41, 5.74) is 6.04. The Kier molecular flexibility index (Phi) is 7.37. The van der Waals surface area contributed by atoms with Crippen LogP contribution in [-0.4, -0.2) is 6.21 Å². The van der Waals surface area contributed by atoms with Gasteiger partial charge in [0.1, 0.15) is 0 Å². The van der Waals surface area contributed by atoms with Crippen LogP contribution in [0, 0.1) is 0 Å². The average molecular weight is 279 g/mol. The third-order valence-corrected chi connectivity index (χ3v) is 3.64. The SMILES string of the molecule is C(=CCCCC=NCc1ccccc1)=CC1=CCCCC1. The van der Waals surface area contributed by atoms with E-state index < -0.39 is 0 Å². The summed E-state index contributed by atoms with van der Waals surface area (Å²) in [6, 6.07) is 10.4. The second kappa shape index (κ2) is 9.96. The van der Waals surface area contributed by atoms with Crippen molar-refractivity contribution in [2.45, 2.75) is 51.5 Å². The van der Waals surface area contributed by atoms with E-state index in [1.54, 1.807) is 0 Å². The van der Waals surface area contributed by atoms with Crippen molar-refractivity contribution in [3.8, 4) is 0 Å². The van der Waals surface area contributed by atoms with Crippen molar-refractivity contribution in [2.75, 3.05) is 0 Å². The Bertz CT molecular complexity index is 516. The number of hydrogen-bond acceptors (Lipinski definition) is 1. The lowest BCUT2D eigenvalue weighted by Gasteiger charge is -2.06. The van der Waals surface area contributed by atoms with Crippen molar-refractivity contribution in [3.05, 3.63) is 65.4 Å². The topological polar surface area (TPSA) is 12.4 Å². The van der Waals surface area contributed by atoms with Gasteiger partial charge >= 0.3 is 0 Å². The molecule has 0 amide bonds. The Morgan fingerprint density at radius 2 is 2.00 bits per heavy atom. The van der Waals surface area contributed by atoms with Crippen LogP contribution in [0.25, 0.3) is 0 Å². The number of benzene rings is 1. The quantitative estimate of drug-likeness (QED) is 0.348. The van der Waals surface area contributed by atoms with E-state index in [1.807, 2.05) is 12.3 Å². The fourth-order valence-electron chi connectivity index (χ4n) is 2.40. The lowest BCUT2D eigenvalue weighted by molar-refractivity contribution is 0.712. The third kappa shape index (κ3) is 6.92. The Balaban J connectivity index is 1.57. The molecule has 1 nitrogen and oxygen atoms in total. The number of aliphatic imine (C=N–C) groups is 1. The van der Waals surface area contributed by atoms with E-state index in [4.69, 9.17) is 0 Å². The summed E-state index contributed by atoms with van der Waals surface area (Å²) in [5, 5.41) is 0. The molecule has 0 unspecified atom stereocenters. The second-order valence-corrected chi connectivity index (χ2v) is 5.48. The summed E-state index contributed by atoms with van der Waals surface area (Å²) in [6.07, 6.45) is 17.1. The van der Waals surface area contributed by atoms with Gasteiger partial charge in [0.2, 0.25) is 0 Å². The number of rotatable bonds is 7. The summed E-state index contributed by atoms with van der Waals surface area (Å²) in [7, 11) is 0. The highest BCUT2D eigenvalue weighted by atomic mass is 14.7. The maximum absolute atomic E-state index is 4.46. The largest absolute Gasteiger partial charge is 0.293 e. The van der Waals surface area contributed by atoms with E-state index >= 15 is 0 Å². The lowest BCUT2D eigenvalue weighted by Crippen LogP contribution is -1.87. The highest BCUT2D eigenvalue weighted by molar-refractivity contribution is 5.57. The normalized spacial score (nSPS) is 14.6. The van der Waals surface area contributed by atoms with Crippen molar-refractivity contribution in [1.29, 1.82) is 0 Å². The van der Waals surface area contributed by atoms with Gasteiger partial charge < -0.3 is 0 Å². The van der Waals surface area contributed by atoms with Gasteiger partial charge in [0.05, 0.1) is 6.54 Å². The molecule has 0 N–H and O–H groups in total. The average Bonchev–Trinajstić information content (AvgIpc) is 2.55. The Morgan fingerprint density at radius 3 is 2.81 bits per heavy atom. The zero-order chi connectivity index (χ0) is 14.6. The summed E-state index contributed by atoms with van der Waals surface area (Å²) >= 11 is 0. The zero-order valence-electron chi connectivity index (χ0n) is 12.8. The molecule has 0 saturated heterocycles. The molecular weight excluding hydrogens is 254 g/mol. The number of hydrogen-bond donors (Lipinski definition) is 0. The number of unbranched alkanes of at least 4 members (excludes halogenated alkanes) is 2. The minimum Gasteiger partial charge on any atom is -0.293 e. The van der Waals surface area contributed by atoms with E-state index in [-0.39, 0.29) is 0 Å². The summed E-state index contributed by atoms with van der Waals surface area (Å²) in [4.78, 5) is 4.46. The van der Waals surface area contributed by atoms with Gasteiger partial charge in [-0.3, -0.25) is 4.99 Å². The van der Waals surface area contributed by atoms with E-state index in [0.29, 0.717) is 0 Å². The summed E-state index contributed by atoms with van der Waals surface area (Å²) in [6.45, 7) is 0.796. The molecule has 21 heavy (non-hydrogen) atoms. The van der Waals surface area contributed by atoms with Crippen LogP contribution in [0.2, 0.25) is 0 Å². The molecule has 1 aromatic carbocycles. The highest BCUT2D eigenvalue weighted by Gasteiger charge is 1.98. The molecule has 1 heteroatoms. The zero-order valence-corrected chi connectivity index (χ0v) is 12.8. The minimum atomic E-state index is 0.796. The maximum Gasteiger partial charge on any atom is 0.0635 e. The molecule has 0 atom stereocenters. The van der Waals surface area contributed by atoms with Gasteiger partial charge in [0.25, 0.3) is 0 Å². The molecule has 110 valence electrons. The number of nitrogens with zero attached hydrogens (tertiary/aromatic N) is 1. The molecule has 0 fully saturated rings. The first kappa shape index (κ1) is 15.5. The highest BCUT2D eigenvalue weighted by Crippen LogP contribution is 2.17. The summed E-state index contributed by atoms with van der Waals surface area (Å²) < 4.78 is 0. The molecule has 0 radical (unpaired) electrons. The van der Waals surface area contributed by atoms with Crippen LogP contribution in [-0.2, 0) is 6.54 Å². The first-order valence-electron chi connectivity index (χ1n) is 8.07. The van der Waals surface area contributed by atoms with Crippen LogP contribution in [0.15, 0.2) is 64.9 Å². The van der Waals surface area contributed by atoms with Crippen LogP contribution in [0.3, 0.4) is 0 Å². The van der Waals surface area contributed by atoms with Gasteiger partial charge in [-0.25, -0.2) is 0 Å².